The van der Waals surface area contributed by atoms with E-state index in [0.717, 1.165) is 0 Å². The van der Waals surface area contributed by atoms with Crippen molar-refractivity contribution < 1.29 is 24.6 Å². The lowest BCUT2D eigenvalue weighted by Gasteiger charge is -2.30. The number of nitrogens with zero attached hydrogens (tertiary/aromatic N) is 4. The van der Waals surface area contributed by atoms with Crippen molar-refractivity contribution in [2.75, 3.05) is 12.3 Å². The number of aliphatic hydroxyl groups excluding tert-OH is 2. The van der Waals surface area contributed by atoms with Gasteiger partial charge in [0.25, 0.3) is 5.69 Å². The van der Waals surface area contributed by atoms with Crippen molar-refractivity contribution >= 4 is 22.5 Å². The van der Waals surface area contributed by atoms with Crippen molar-refractivity contribution in [3.63, 3.8) is 0 Å². The van der Waals surface area contributed by atoms with Crippen molar-refractivity contribution in [1.29, 1.82) is 0 Å². The van der Waals surface area contributed by atoms with Gasteiger partial charge in [0.2, 0.25) is 0 Å². The quantitative estimate of drug-likeness (QED) is 0.348. The molecule has 0 saturated carbocycles. The van der Waals surface area contributed by atoms with E-state index in [0.29, 0.717) is 22.2 Å². The van der Waals surface area contributed by atoms with Crippen molar-refractivity contribution in [3.05, 3.63) is 58.0 Å². The van der Waals surface area contributed by atoms with E-state index in [1.807, 2.05) is 20.8 Å². The van der Waals surface area contributed by atoms with Crippen LogP contribution >= 0.6 is 0 Å². The van der Waals surface area contributed by atoms with Crippen molar-refractivity contribution in [1.82, 2.24) is 14.5 Å². The molecule has 1 aliphatic heterocycles. The summed E-state index contributed by atoms with van der Waals surface area (Å²) in [4.78, 5) is 19.7. The summed E-state index contributed by atoms with van der Waals surface area (Å²) >= 11 is 0. The summed E-state index contributed by atoms with van der Waals surface area (Å²) in [6.45, 7) is 5.66. The highest BCUT2D eigenvalue weighted by atomic mass is 16.6. The number of hydrogen-bond donors (Lipinski definition) is 3. The van der Waals surface area contributed by atoms with Crippen LogP contribution in [0.3, 0.4) is 0 Å². The number of aromatic nitrogens is 3. The van der Waals surface area contributed by atoms with Crippen LogP contribution in [-0.2, 0) is 16.1 Å². The third-order valence-electron chi connectivity index (χ3n) is 6.02. The number of anilines is 1. The summed E-state index contributed by atoms with van der Waals surface area (Å²) in [7, 11) is 0. The molecule has 1 saturated heterocycles. The number of nitro benzene ring substituents is 1. The number of aliphatic hydroxyl groups is 2. The lowest BCUT2D eigenvalue weighted by atomic mass is 9.84. The average Bonchev–Trinajstić information content (AvgIpc) is 3.34. The third kappa shape index (κ3) is 4.47. The molecule has 0 radical (unpaired) electrons. The Morgan fingerprint density at radius 2 is 2.09 bits per heavy atom. The van der Waals surface area contributed by atoms with E-state index in [9.17, 15) is 20.3 Å². The number of rotatable bonds is 7. The van der Waals surface area contributed by atoms with Gasteiger partial charge in [-0.2, -0.15) is 0 Å². The number of nitro groups is 1. The van der Waals surface area contributed by atoms with Crippen LogP contribution in [0.4, 0.5) is 11.5 Å². The zero-order chi connectivity index (χ0) is 24.6. The van der Waals surface area contributed by atoms with Crippen LogP contribution in [0.15, 0.2) is 36.8 Å². The molecule has 4 rings (SSSR count). The van der Waals surface area contributed by atoms with Gasteiger partial charge < -0.3 is 30.0 Å². The van der Waals surface area contributed by atoms with E-state index in [-0.39, 0.29) is 31.1 Å². The average molecular weight is 472 g/mol. The fourth-order valence-corrected chi connectivity index (χ4v) is 4.42. The minimum absolute atomic E-state index is 0.00362. The van der Waals surface area contributed by atoms with Gasteiger partial charge in [-0.05, 0) is 11.5 Å². The molecule has 182 valence electrons. The maximum Gasteiger partial charge on any atom is 0.275 e. The predicted molar refractivity (Wildman–Crippen MR) is 124 cm³/mol. The van der Waals surface area contributed by atoms with Gasteiger partial charge in [-0.3, -0.25) is 10.1 Å². The van der Waals surface area contributed by atoms with Gasteiger partial charge in [-0.1, -0.05) is 32.9 Å². The first-order valence-corrected chi connectivity index (χ1v) is 11.0. The SMILES string of the molecule is CC(C)(C)[C@H](OCc1cn([C@H]2CC(O)[C@@H](CO)O2)c2ncnc(N)c12)c1ccccc1[N+](=O)[O-]. The van der Waals surface area contributed by atoms with Gasteiger partial charge in [-0.15, -0.1) is 0 Å². The molecule has 1 fully saturated rings. The molecule has 0 amide bonds. The minimum atomic E-state index is -0.810. The molecule has 2 aromatic heterocycles. The Hall–Kier alpha value is -3.12. The molecule has 0 spiro atoms. The Morgan fingerprint density at radius 1 is 1.35 bits per heavy atom. The first kappa shape index (κ1) is 24.0. The number of fused-ring (bicyclic) bond motifs is 1. The second-order valence-corrected chi connectivity index (χ2v) is 9.51. The van der Waals surface area contributed by atoms with Crippen LogP contribution in [-0.4, -0.2) is 48.5 Å². The molecule has 1 aliphatic rings. The summed E-state index contributed by atoms with van der Waals surface area (Å²) < 4.78 is 13.9. The molecule has 4 N–H and O–H groups in total. The lowest BCUT2D eigenvalue weighted by Crippen LogP contribution is -2.24. The van der Waals surface area contributed by atoms with Crippen LogP contribution in [0.25, 0.3) is 11.0 Å². The number of nitrogens with two attached hydrogens (primary N) is 1. The van der Waals surface area contributed by atoms with E-state index in [4.69, 9.17) is 15.2 Å². The summed E-state index contributed by atoms with van der Waals surface area (Å²) in [6, 6.07) is 6.55. The normalized spacial score (nSPS) is 21.7. The number of hydrogen-bond acceptors (Lipinski definition) is 9. The first-order valence-electron chi connectivity index (χ1n) is 11.0. The number of para-hydroxylation sites is 1. The van der Waals surface area contributed by atoms with E-state index >= 15 is 0 Å². The van der Waals surface area contributed by atoms with Crippen molar-refractivity contribution in [2.24, 2.45) is 5.41 Å². The molecule has 11 nitrogen and oxygen atoms in total. The molecule has 1 unspecified atom stereocenters. The lowest BCUT2D eigenvalue weighted by molar-refractivity contribution is -0.386. The van der Waals surface area contributed by atoms with Crippen LogP contribution in [0.2, 0.25) is 0 Å². The molecule has 0 bridgehead atoms. The van der Waals surface area contributed by atoms with Crippen LogP contribution in [0.5, 0.6) is 0 Å². The highest BCUT2D eigenvalue weighted by molar-refractivity contribution is 5.89. The Balaban J connectivity index is 1.70. The van der Waals surface area contributed by atoms with Gasteiger partial charge >= 0.3 is 0 Å². The second kappa shape index (κ2) is 9.26. The van der Waals surface area contributed by atoms with E-state index in [1.165, 1.54) is 12.4 Å². The topological polar surface area (TPSA) is 159 Å². The molecule has 11 heteroatoms. The van der Waals surface area contributed by atoms with Crippen LogP contribution in [0.1, 0.15) is 50.7 Å². The summed E-state index contributed by atoms with van der Waals surface area (Å²) in [5.74, 6) is 0.262. The molecule has 3 heterocycles. The standard InChI is InChI=1S/C23H29N5O6/c1-23(2,3)20(14-6-4-5-7-15(14)28(31)32)33-11-13-9-27(18-8-16(30)17(10-29)34-18)22-19(13)21(24)25-12-26-22/h4-7,9,12,16-18,20,29-30H,8,10-11H2,1-3H3,(H2,24,25,26)/t16?,17-,18-,20-/m1/s1. The molecular formula is C23H29N5O6. The molecule has 0 aliphatic carbocycles. The smallest absolute Gasteiger partial charge is 0.275 e. The Bertz CT molecular complexity index is 1190. The van der Waals surface area contributed by atoms with Crippen molar-refractivity contribution in [2.45, 2.75) is 58.3 Å². The zero-order valence-electron chi connectivity index (χ0n) is 19.3. The van der Waals surface area contributed by atoms with Crippen LogP contribution < -0.4 is 5.73 Å². The number of benzene rings is 1. The Morgan fingerprint density at radius 3 is 2.74 bits per heavy atom. The van der Waals surface area contributed by atoms with Crippen molar-refractivity contribution in [3.8, 4) is 0 Å². The zero-order valence-corrected chi connectivity index (χ0v) is 19.3. The van der Waals surface area contributed by atoms with Gasteiger partial charge in [-0.25, -0.2) is 9.97 Å². The number of nitrogen functional groups attached to an aromatic ring is 1. The van der Waals surface area contributed by atoms with Gasteiger partial charge in [0.15, 0.2) is 0 Å². The minimum Gasteiger partial charge on any atom is -0.394 e. The largest absolute Gasteiger partial charge is 0.394 e. The van der Waals surface area contributed by atoms with E-state index in [1.54, 1.807) is 29.0 Å². The van der Waals surface area contributed by atoms with Crippen LogP contribution in [0, 0.1) is 15.5 Å². The second-order valence-electron chi connectivity index (χ2n) is 9.51. The van der Waals surface area contributed by atoms with Gasteiger partial charge in [0.1, 0.15) is 30.1 Å². The Labute approximate surface area is 196 Å². The van der Waals surface area contributed by atoms with E-state index in [2.05, 4.69) is 9.97 Å². The monoisotopic (exact) mass is 471 g/mol. The highest BCUT2D eigenvalue weighted by Crippen LogP contribution is 2.41. The molecule has 34 heavy (non-hydrogen) atoms. The van der Waals surface area contributed by atoms with Gasteiger partial charge in [0.05, 0.1) is 41.3 Å². The molecular weight excluding hydrogens is 442 g/mol. The van der Waals surface area contributed by atoms with Gasteiger partial charge in [0, 0.05) is 24.2 Å². The maximum absolute atomic E-state index is 11.6. The molecule has 3 aromatic rings. The third-order valence-corrected chi connectivity index (χ3v) is 6.02. The predicted octanol–water partition coefficient (Wildman–Crippen LogP) is 2.87. The summed E-state index contributed by atoms with van der Waals surface area (Å²) in [6.07, 6.45) is 0.777. The summed E-state index contributed by atoms with van der Waals surface area (Å²) in [5.41, 5.74) is 7.42. The first-order chi connectivity index (χ1) is 16.1. The van der Waals surface area contributed by atoms with E-state index < -0.39 is 34.9 Å². The highest BCUT2D eigenvalue weighted by Gasteiger charge is 2.36. The molecule has 1 aromatic carbocycles. The Kier molecular flexibility index (Phi) is 6.54. The summed E-state index contributed by atoms with van der Waals surface area (Å²) in [5, 5.41) is 31.9. The maximum atomic E-state index is 11.6. The molecule has 4 atom stereocenters. The number of ether oxygens (including phenoxy) is 2. The fraction of sp³-hybridized carbons (Fsp3) is 0.478. The fourth-order valence-electron chi connectivity index (χ4n) is 4.42.